The Bertz CT molecular complexity index is 795. The van der Waals surface area contributed by atoms with Crippen molar-refractivity contribution in [2.24, 2.45) is 22.7 Å². The molecule has 1 aromatic rings. The number of hydrogen-bond acceptors (Lipinski definition) is 6. The van der Waals surface area contributed by atoms with E-state index in [0.29, 0.717) is 30.6 Å². The van der Waals surface area contributed by atoms with Crippen LogP contribution in [-0.2, 0) is 21.6 Å². The fourth-order valence-electron chi connectivity index (χ4n) is 6.92. The molecular formula is C22H32O6. The molecule has 156 valence electrons. The summed E-state index contributed by atoms with van der Waals surface area (Å²) in [5.41, 5.74) is -3.16. The fraction of sp³-hybridized carbons (Fsp3) is 0.773. The minimum Gasteiger partial charge on any atom is -0.469 e. The summed E-state index contributed by atoms with van der Waals surface area (Å²) in [5.74, 6) is -0.500. The van der Waals surface area contributed by atoms with Crippen LogP contribution in [0.25, 0.3) is 0 Å². The summed E-state index contributed by atoms with van der Waals surface area (Å²) in [5, 5.41) is 34.7. The SMILES string of the molecule is CC(=O)OC1CCC(C)(C)C2(O)CC(O)C3C(Cc4occc4C3(C)O)C12C. The molecule has 7 unspecified atom stereocenters. The molecule has 2 fully saturated rings. The van der Waals surface area contributed by atoms with Crippen LogP contribution in [0.1, 0.15) is 65.2 Å². The van der Waals surface area contributed by atoms with Crippen LogP contribution >= 0.6 is 0 Å². The highest BCUT2D eigenvalue weighted by Gasteiger charge is 2.73. The molecule has 0 amide bonds. The van der Waals surface area contributed by atoms with Gasteiger partial charge in [-0.25, -0.2) is 0 Å². The van der Waals surface area contributed by atoms with E-state index < -0.39 is 40.2 Å². The molecule has 2 saturated carbocycles. The summed E-state index contributed by atoms with van der Waals surface area (Å²) < 4.78 is 11.4. The molecule has 6 heteroatoms. The number of carbonyl (C=O) groups excluding carboxylic acids is 1. The largest absolute Gasteiger partial charge is 0.469 e. The minimum atomic E-state index is -1.29. The third-order valence-corrected chi connectivity index (χ3v) is 8.49. The van der Waals surface area contributed by atoms with E-state index in [4.69, 9.17) is 9.15 Å². The zero-order chi connectivity index (χ0) is 20.7. The molecule has 3 N–H and O–H groups in total. The molecule has 3 aliphatic carbocycles. The highest BCUT2D eigenvalue weighted by molar-refractivity contribution is 5.66. The van der Waals surface area contributed by atoms with Gasteiger partial charge in [0.15, 0.2) is 0 Å². The van der Waals surface area contributed by atoms with Gasteiger partial charge in [-0.15, -0.1) is 0 Å². The van der Waals surface area contributed by atoms with Gasteiger partial charge in [-0.1, -0.05) is 20.8 Å². The van der Waals surface area contributed by atoms with Crippen LogP contribution in [0.5, 0.6) is 0 Å². The van der Waals surface area contributed by atoms with Crippen molar-refractivity contribution in [2.75, 3.05) is 0 Å². The van der Waals surface area contributed by atoms with Crippen LogP contribution in [0.3, 0.4) is 0 Å². The topological polar surface area (TPSA) is 100 Å². The Labute approximate surface area is 165 Å². The Morgan fingerprint density at radius 2 is 1.93 bits per heavy atom. The van der Waals surface area contributed by atoms with Crippen LogP contribution in [0.15, 0.2) is 16.7 Å². The van der Waals surface area contributed by atoms with E-state index in [2.05, 4.69) is 0 Å². The molecule has 1 heterocycles. The van der Waals surface area contributed by atoms with Gasteiger partial charge in [0.1, 0.15) is 11.9 Å². The molecule has 1 aromatic heterocycles. The Morgan fingerprint density at radius 1 is 1.25 bits per heavy atom. The molecular weight excluding hydrogens is 360 g/mol. The van der Waals surface area contributed by atoms with Gasteiger partial charge in [0.2, 0.25) is 0 Å². The summed E-state index contributed by atoms with van der Waals surface area (Å²) >= 11 is 0. The lowest BCUT2D eigenvalue weighted by Crippen LogP contribution is -2.75. The number of rotatable bonds is 1. The molecule has 7 atom stereocenters. The first kappa shape index (κ1) is 19.9. The second kappa shape index (κ2) is 5.83. The lowest BCUT2D eigenvalue weighted by atomic mass is 9.39. The van der Waals surface area contributed by atoms with Crippen molar-refractivity contribution < 1.29 is 29.3 Å². The number of carbonyl (C=O) groups is 1. The molecule has 3 aliphatic rings. The number of fused-ring (bicyclic) bond motifs is 4. The molecule has 0 spiro atoms. The summed E-state index contributed by atoms with van der Waals surface area (Å²) in [7, 11) is 0. The number of hydrogen-bond donors (Lipinski definition) is 3. The molecule has 4 rings (SSSR count). The van der Waals surface area contributed by atoms with Crippen molar-refractivity contribution in [1.29, 1.82) is 0 Å². The molecule has 0 aromatic carbocycles. The average Bonchev–Trinajstić information content (AvgIpc) is 3.04. The van der Waals surface area contributed by atoms with E-state index >= 15 is 0 Å². The van der Waals surface area contributed by atoms with E-state index in [-0.39, 0.29) is 18.3 Å². The Hall–Kier alpha value is -1.37. The third kappa shape index (κ3) is 2.28. The number of furan rings is 1. The van der Waals surface area contributed by atoms with Gasteiger partial charge >= 0.3 is 5.97 Å². The normalized spacial score (nSPS) is 46.9. The van der Waals surface area contributed by atoms with Crippen LogP contribution < -0.4 is 0 Å². The van der Waals surface area contributed by atoms with Crippen molar-refractivity contribution in [3.05, 3.63) is 23.7 Å². The first-order valence-corrected chi connectivity index (χ1v) is 10.2. The predicted molar refractivity (Wildman–Crippen MR) is 101 cm³/mol. The summed E-state index contributed by atoms with van der Waals surface area (Å²) in [6, 6.07) is 1.76. The smallest absolute Gasteiger partial charge is 0.302 e. The number of aliphatic hydroxyl groups is 3. The van der Waals surface area contributed by atoms with E-state index in [0.717, 1.165) is 0 Å². The van der Waals surface area contributed by atoms with Gasteiger partial charge in [0.05, 0.1) is 23.6 Å². The molecule has 0 radical (unpaired) electrons. The minimum absolute atomic E-state index is 0.138. The zero-order valence-corrected chi connectivity index (χ0v) is 17.4. The van der Waals surface area contributed by atoms with E-state index in [1.807, 2.05) is 20.8 Å². The van der Waals surface area contributed by atoms with E-state index in [9.17, 15) is 20.1 Å². The van der Waals surface area contributed by atoms with Crippen LogP contribution in [0.4, 0.5) is 0 Å². The highest BCUT2D eigenvalue weighted by atomic mass is 16.5. The molecule has 0 bridgehead atoms. The monoisotopic (exact) mass is 392 g/mol. The maximum atomic E-state index is 12.1. The van der Waals surface area contributed by atoms with Crippen molar-refractivity contribution in [3.8, 4) is 0 Å². The maximum absolute atomic E-state index is 12.1. The van der Waals surface area contributed by atoms with Crippen LogP contribution in [0, 0.1) is 22.7 Å². The maximum Gasteiger partial charge on any atom is 0.302 e. The Balaban J connectivity index is 1.91. The van der Waals surface area contributed by atoms with Crippen molar-refractivity contribution >= 4 is 5.97 Å². The number of aliphatic hydroxyl groups excluding tert-OH is 1. The molecule has 28 heavy (non-hydrogen) atoms. The van der Waals surface area contributed by atoms with Crippen molar-refractivity contribution in [2.45, 2.75) is 83.7 Å². The standard InChI is InChI=1S/C22H32O6/c1-12(23)28-17-6-8-19(2,3)22(26)11-15(24)18-14(20(17,22)4)10-16-13(7-9-27-16)21(18,5)25/h7,9,14-15,17-18,24-26H,6,8,10-11H2,1-5H3. The summed E-state index contributed by atoms with van der Waals surface area (Å²) in [4.78, 5) is 11.9. The second-order valence-corrected chi connectivity index (χ2v) is 10.2. The third-order valence-electron chi connectivity index (χ3n) is 8.49. The molecule has 0 aliphatic heterocycles. The first-order chi connectivity index (χ1) is 12.9. The Kier molecular flexibility index (Phi) is 4.15. The van der Waals surface area contributed by atoms with Gasteiger partial charge in [-0.05, 0) is 37.2 Å². The highest BCUT2D eigenvalue weighted by Crippen LogP contribution is 2.67. The van der Waals surface area contributed by atoms with Gasteiger partial charge in [-0.2, -0.15) is 0 Å². The zero-order valence-electron chi connectivity index (χ0n) is 17.4. The first-order valence-electron chi connectivity index (χ1n) is 10.2. The average molecular weight is 392 g/mol. The van der Waals surface area contributed by atoms with Gasteiger partial charge in [-0.3, -0.25) is 4.79 Å². The second-order valence-electron chi connectivity index (χ2n) is 10.2. The summed E-state index contributed by atoms with van der Waals surface area (Å²) in [6.45, 7) is 9.10. The molecule has 6 nitrogen and oxygen atoms in total. The summed E-state index contributed by atoms with van der Waals surface area (Å²) in [6.07, 6.45) is 2.13. The molecule has 0 saturated heterocycles. The van der Waals surface area contributed by atoms with Crippen LogP contribution in [0.2, 0.25) is 0 Å². The lowest BCUT2D eigenvalue weighted by molar-refractivity contribution is -0.311. The Morgan fingerprint density at radius 3 is 2.57 bits per heavy atom. The van der Waals surface area contributed by atoms with E-state index in [1.54, 1.807) is 19.3 Å². The van der Waals surface area contributed by atoms with Crippen molar-refractivity contribution in [3.63, 3.8) is 0 Å². The lowest BCUT2D eigenvalue weighted by Gasteiger charge is -2.69. The van der Waals surface area contributed by atoms with Gasteiger partial charge in [0, 0.05) is 36.7 Å². The number of ether oxygens (including phenoxy) is 1. The van der Waals surface area contributed by atoms with Crippen molar-refractivity contribution in [1.82, 2.24) is 0 Å². The quantitative estimate of drug-likeness (QED) is 0.635. The fourth-order valence-corrected chi connectivity index (χ4v) is 6.92. The van der Waals surface area contributed by atoms with E-state index in [1.165, 1.54) is 6.92 Å². The van der Waals surface area contributed by atoms with Gasteiger partial charge in [0.25, 0.3) is 0 Å². The number of esters is 1. The predicted octanol–water partition coefficient (Wildman–Crippen LogP) is 2.53. The van der Waals surface area contributed by atoms with Gasteiger partial charge < -0.3 is 24.5 Å². The van der Waals surface area contributed by atoms with Crippen LogP contribution in [-0.4, -0.2) is 39.1 Å².